The normalized spacial score (nSPS) is 18.5. The van der Waals surface area contributed by atoms with Gasteiger partial charge in [-0.25, -0.2) is 18.0 Å². The Hall–Kier alpha value is -3.81. The molecule has 1 aliphatic heterocycles. The van der Waals surface area contributed by atoms with Gasteiger partial charge in [0.1, 0.15) is 17.5 Å². The van der Waals surface area contributed by atoms with Crippen LogP contribution in [0.5, 0.6) is 0 Å². The lowest BCUT2D eigenvalue weighted by Crippen LogP contribution is -2.47. The van der Waals surface area contributed by atoms with Crippen LogP contribution in [0, 0.1) is 17.5 Å². The molecule has 0 unspecified atom stereocenters. The van der Waals surface area contributed by atoms with E-state index in [1.807, 2.05) is 24.0 Å². The van der Waals surface area contributed by atoms with E-state index in [1.54, 1.807) is 24.3 Å². The molecule has 0 aromatic heterocycles. The number of carbonyl (C=O) groups excluding carboxylic acids is 2. The van der Waals surface area contributed by atoms with Gasteiger partial charge in [-0.05, 0) is 67.1 Å². The number of hydrogen-bond acceptors (Lipinski definition) is 2. The van der Waals surface area contributed by atoms with E-state index in [0.29, 0.717) is 43.5 Å². The van der Waals surface area contributed by atoms with Crippen LogP contribution >= 0.6 is 0 Å². The summed E-state index contributed by atoms with van der Waals surface area (Å²) in [7, 11) is 0. The first-order valence-corrected chi connectivity index (χ1v) is 12.3. The lowest BCUT2D eigenvalue weighted by molar-refractivity contribution is -0.138. The van der Waals surface area contributed by atoms with Crippen molar-refractivity contribution in [2.75, 3.05) is 13.1 Å². The second-order valence-electron chi connectivity index (χ2n) is 9.62. The number of amides is 3. The Bertz CT molecular complexity index is 1260. The van der Waals surface area contributed by atoms with Crippen molar-refractivity contribution in [3.63, 3.8) is 0 Å². The van der Waals surface area contributed by atoms with Crippen molar-refractivity contribution in [3.8, 4) is 11.1 Å². The second kappa shape index (κ2) is 11.1. The fourth-order valence-electron chi connectivity index (χ4n) is 5.24. The highest BCUT2D eigenvalue weighted by atomic mass is 19.1. The number of likely N-dealkylation sites (tertiary alicyclic amines) is 1. The molecule has 3 aromatic carbocycles. The van der Waals surface area contributed by atoms with E-state index in [-0.39, 0.29) is 24.2 Å². The molecule has 194 valence electrons. The maximum atomic E-state index is 14.2. The molecule has 0 spiro atoms. The predicted octanol–water partition coefficient (Wildman–Crippen LogP) is 5.84. The molecule has 3 amide bonds. The van der Waals surface area contributed by atoms with Gasteiger partial charge >= 0.3 is 6.03 Å². The molecule has 1 heterocycles. The molecular weight excluding hydrogens is 479 g/mol. The summed E-state index contributed by atoms with van der Waals surface area (Å²) in [5.74, 6) is -1.61. The molecule has 1 aliphatic rings. The zero-order chi connectivity index (χ0) is 26.6. The maximum Gasteiger partial charge on any atom is 0.312 e. The Morgan fingerprint density at radius 1 is 1.03 bits per heavy atom. The molecule has 1 fully saturated rings. The van der Waals surface area contributed by atoms with Gasteiger partial charge in [0.05, 0.1) is 6.04 Å². The molecule has 3 N–H and O–H groups in total. The third kappa shape index (κ3) is 5.96. The zero-order valence-electron chi connectivity index (χ0n) is 20.6. The molecule has 37 heavy (non-hydrogen) atoms. The van der Waals surface area contributed by atoms with Gasteiger partial charge < -0.3 is 16.0 Å². The van der Waals surface area contributed by atoms with Crippen molar-refractivity contribution in [2.45, 2.75) is 44.1 Å². The van der Waals surface area contributed by atoms with Crippen LogP contribution in [0.1, 0.15) is 49.8 Å². The van der Waals surface area contributed by atoms with Crippen molar-refractivity contribution in [1.29, 1.82) is 0 Å². The highest BCUT2D eigenvalue weighted by molar-refractivity contribution is 5.79. The number of halogens is 3. The van der Waals surface area contributed by atoms with E-state index >= 15 is 0 Å². The van der Waals surface area contributed by atoms with Crippen LogP contribution in [-0.4, -0.2) is 29.9 Å². The molecular formula is C29H30F3N3O2. The average Bonchev–Trinajstić information content (AvgIpc) is 2.87. The quantitative estimate of drug-likeness (QED) is 0.374. The monoisotopic (exact) mass is 509 g/mol. The van der Waals surface area contributed by atoms with Crippen molar-refractivity contribution < 1.29 is 22.8 Å². The summed E-state index contributed by atoms with van der Waals surface area (Å²) in [5.41, 5.74) is 7.44. The van der Waals surface area contributed by atoms with Crippen molar-refractivity contribution in [3.05, 3.63) is 95.3 Å². The van der Waals surface area contributed by atoms with Gasteiger partial charge in [0, 0.05) is 36.6 Å². The van der Waals surface area contributed by atoms with E-state index < -0.39 is 23.1 Å². The summed E-state index contributed by atoms with van der Waals surface area (Å²) in [6, 6.07) is 16.2. The SMILES string of the molecule is C[C@@H](c1ccc(-c2ccc(F)cc2F)cc1)N1CC[C@@](CCCNC(N)=O)(c2ccc(F)cc2)CC1=O. The molecule has 0 aliphatic carbocycles. The van der Waals surface area contributed by atoms with E-state index in [9.17, 15) is 22.8 Å². The Labute approximate surface area is 214 Å². The van der Waals surface area contributed by atoms with Crippen LogP contribution in [0.25, 0.3) is 11.1 Å². The van der Waals surface area contributed by atoms with Gasteiger partial charge in [-0.3, -0.25) is 4.79 Å². The van der Waals surface area contributed by atoms with Gasteiger partial charge in [-0.15, -0.1) is 0 Å². The van der Waals surface area contributed by atoms with Gasteiger partial charge in [-0.1, -0.05) is 36.4 Å². The van der Waals surface area contributed by atoms with Gasteiger partial charge in [-0.2, -0.15) is 0 Å². The van der Waals surface area contributed by atoms with Crippen LogP contribution in [0.4, 0.5) is 18.0 Å². The number of hydrogen-bond donors (Lipinski definition) is 2. The fourth-order valence-corrected chi connectivity index (χ4v) is 5.24. The molecule has 5 nitrogen and oxygen atoms in total. The van der Waals surface area contributed by atoms with Gasteiger partial charge in [0.25, 0.3) is 0 Å². The first-order chi connectivity index (χ1) is 17.7. The number of primary amides is 1. The Kier molecular flexibility index (Phi) is 7.86. The molecule has 3 aromatic rings. The minimum Gasteiger partial charge on any atom is -0.352 e. The predicted molar refractivity (Wildman–Crippen MR) is 136 cm³/mol. The smallest absolute Gasteiger partial charge is 0.312 e. The number of urea groups is 1. The fraction of sp³-hybridized carbons (Fsp3) is 0.310. The summed E-state index contributed by atoms with van der Waals surface area (Å²) < 4.78 is 41.1. The van der Waals surface area contributed by atoms with E-state index in [0.717, 1.165) is 17.2 Å². The number of benzene rings is 3. The number of carbonyl (C=O) groups is 2. The number of piperidine rings is 1. The lowest BCUT2D eigenvalue weighted by Gasteiger charge is -2.44. The first-order valence-electron chi connectivity index (χ1n) is 12.3. The average molecular weight is 510 g/mol. The lowest BCUT2D eigenvalue weighted by atomic mass is 9.69. The molecule has 8 heteroatoms. The van der Waals surface area contributed by atoms with Crippen LogP contribution in [0.15, 0.2) is 66.7 Å². The van der Waals surface area contributed by atoms with Crippen molar-refractivity contribution in [2.24, 2.45) is 5.73 Å². The maximum absolute atomic E-state index is 14.2. The molecule has 4 rings (SSSR count). The molecule has 2 atom stereocenters. The Morgan fingerprint density at radius 3 is 2.32 bits per heavy atom. The van der Waals surface area contributed by atoms with E-state index in [2.05, 4.69) is 5.32 Å². The van der Waals surface area contributed by atoms with Crippen LogP contribution < -0.4 is 11.1 Å². The number of nitrogens with two attached hydrogens (primary N) is 1. The van der Waals surface area contributed by atoms with E-state index in [1.165, 1.54) is 24.3 Å². The molecule has 0 saturated carbocycles. The standard InChI is InChI=1S/C29H30F3N3O2/c1-19(20-3-5-21(6-4-20)25-12-11-24(31)17-26(25)32)35-16-14-29(18-27(35)36,13-2-15-34-28(33)37)22-7-9-23(30)10-8-22/h3-12,17,19H,2,13-16,18H2,1H3,(H3,33,34,37)/t19-,29+/m0/s1. The van der Waals surface area contributed by atoms with E-state index in [4.69, 9.17) is 5.73 Å². The largest absolute Gasteiger partial charge is 0.352 e. The second-order valence-corrected chi connectivity index (χ2v) is 9.62. The minimum absolute atomic E-state index is 0.0143. The van der Waals surface area contributed by atoms with Crippen LogP contribution in [0.3, 0.4) is 0 Å². The summed E-state index contributed by atoms with van der Waals surface area (Å²) in [4.78, 5) is 26.3. The third-order valence-electron chi connectivity index (χ3n) is 7.33. The van der Waals surface area contributed by atoms with Crippen LogP contribution in [0.2, 0.25) is 0 Å². The highest BCUT2D eigenvalue weighted by Gasteiger charge is 2.41. The minimum atomic E-state index is -0.629. The summed E-state index contributed by atoms with van der Waals surface area (Å²) in [5, 5.41) is 2.59. The van der Waals surface area contributed by atoms with Crippen LogP contribution in [-0.2, 0) is 10.2 Å². The van der Waals surface area contributed by atoms with Gasteiger partial charge in [0.2, 0.25) is 5.91 Å². The third-order valence-corrected chi connectivity index (χ3v) is 7.33. The summed E-state index contributed by atoms with van der Waals surface area (Å²) >= 11 is 0. The van der Waals surface area contributed by atoms with Crippen molar-refractivity contribution in [1.82, 2.24) is 10.2 Å². The summed E-state index contributed by atoms with van der Waals surface area (Å²) in [6.45, 7) is 2.86. The zero-order valence-corrected chi connectivity index (χ0v) is 20.6. The summed E-state index contributed by atoms with van der Waals surface area (Å²) in [6.07, 6.45) is 2.22. The number of rotatable bonds is 8. The van der Waals surface area contributed by atoms with Crippen molar-refractivity contribution >= 4 is 11.9 Å². The first kappa shape index (κ1) is 26.3. The Morgan fingerprint density at radius 2 is 1.70 bits per heavy atom. The number of nitrogens with zero attached hydrogens (tertiary/aromatic N) is 1. The van der Waals surface area contributed by atoms with Gasteiger partial charge in [0.15, 0.2) is 0 Å². The number of nitrogens with one attached hydrogen (secondary N) is 1. The highest BCUT2D eigenvalue weighted by Crippen LogP contribution is 2.42. The molecule has 0 radical (unpaired) electrons. The molecule has 0 bridgehead atoms. The molecule has 1 saturated heterocycles. The Balaban J connectivity index is 1.50. The topological polar surface area (TPSA) is 75.4 Å².